The van der Waals surface area contributed by atoms with E-state index in [-0.39, 0.29) is 5.56 Å². The first-order valence-electron chi connectivity index (χ1n) is 5.62. The molecule has 1 rings (SSSR count). The summed E-state index contributed by atoms with van der Waals surface area (Å²) in [6.45, 7) is 3.20. The molecule has 0 bridgehead atoms. The Morgan fingerprint density at radius 3 is 2.26 bits per heavy atom. The number of ether oxygens (including phenoxy) is 1. The van der Waals surface area contributed by atoms with Crippen LogP contribution in [0.2, 0.25) is 0 Å². The molecule has 106 valence electrons. The normalized spacial score (nSPS) is 15.1. The van der Waals surface area contributed by atoms with Crippen LogP contribution in [0.5, 0.6) is 0 Å². The van der Waals surface area contributed by atoms with Gasteiger partial charge in [0.1, 0.15) is 11.4 Å². The van der Waals surface area contributed by atoms with Crippen LogP contribution in [0.25, 0.3) is 0 Å². The van der Waals surface area contributed by atoms with Gasteiger partial charge in [-0.15, -0.1) is 0 Å². The standard InChI is InChI=1S/C13H14F4O2/c1-4-12(2,19-3)11(18)8-5-6-9(10(14)7-8)13(15,16)17/h5-7H,4H2,1-3H3. The minimum atomic E-state index is -4.78. The molecule has 0 aliphatic heterocycles. The maximum Gasteiger partial charge on any atom is 0.419 e. The lowest BCUT2D eigenvalue weighted by Crippen LogP contribution is -2.36. The summed E-state index contributed by atoms with van der Waals surface area (Å²) in [6, 6.07) is 2.12. The Labute approximate surface area is 108 Å². The van der Waals surface area contributed by atoms with Gasteiger partial charge in [-0.25, -0.2) is 4.39 Å². The SMILES string of the molecule is CCC(C)(OC)C(=O)c1ccc(C(F)(F)F)c(F)c1. The van der Waals surface area contributed by atoms with Crippen molar-refractivity contribution in [2.24, 2.45) is 0 Å². The van der Waals surface area contributed by atoms with E-state index in [4.69, 9.17) is 4.74 Å². The van der Waals surface area contributed by atoms with Crippen LogP contribution in [0.4, 0.5) is 17.6 Å². The zero-order chi connectivity index (χ0) is 14.8. The molecule has 1 aromatic rings. The molecule has 2 nitrogen and oxygen atoms in total. The van der Waals surface area contributed by atoms with Gasteiger partial charge in [-0.3, -0.25) is 4.79 Å². The molecule has 1 atom stereocenters. The fourth-order valence-electron chi connectivity index (χ4n) is 1.59. The number of benzene rings is 1. The first kappa shape index (κ1) is 15.6. The van der Waals surface area contributed by atoms with Crippen molar-refractivity contribution in [3.8, 4) is 0 Å². The number of alkyl halides is 3. The van der Waals surface area contributed by atoms with Crippen LogP contribution in [-0.4, -0.2) is 18.5 Å². The molecule has 19 heavy (non-hydrogen) atoms. The van der Waals surface area contributed by atoms with Crippen molar-refractivity contribution >= 4 is 5.78 Å². The van der Waals surface area contributed by atoms with Crippen molar-refractivity contribution in [1.29, 1.82) is 0 Å². The molecule has 1 aromatic carbocycles. The summed E-state index contributed by atoms with van der Waals surface area (Å²) in [4.78, 5) is 12.1. The number of carbonyl (C=O) groups is 1. The summed E-state index contributed by atoms with van der Waals surface area (Å²) in [5.74, 6) is -2.02. The minimum Gasteiger partial charge on any atom is -0.370 e. The second-order valence-corrected chi connectivity index (χ2v) is 4.31. The minimum absolute atomic E-state index is 0.142. The Bertz CT molecular complexity index is 476. The molecule has 0 spiro atoms. The van der Waals surface area contributed by atoms with Crippen LogP contribution in [-0.2, 0) is 10.9 Å². The average Bonchev–Trinajstić information content (AvgIpc) is 2.35. The van der Waals surface area contributed by atoms with Crippen LogP contribution in [0, 0.1) is 5.82 Å². The van der Waals surface area contributed by atoms with Gasteiger partial charge in [0, 0.05) is 12.7 Å². The Morgan fingerprint density at radius 1 is 1.32 bits per heavy atom. The maximum absolute atomic E-state index is 13.4. The largest absolute Gasteiger partial charge is 0.419 e. The zero-order valence-electron chi connectivity index (χ0n) is 10.8. The summed E-state index contributed by atoms with van der Waals surface area (Å²) >= 11 is 0. The molecule has 0 heterocycles. The third kappa shape index (κ3) is 3.12. The van der Waals surface area contributed by atoms with Crippen molar-refractivity contribution in [3.63, 3.8) is 0 Å². The van der Waals surface area contributed by atoms with Gasteiger partial charge in [0.25, 0.3) is 0 Å². The van der Waals surface area contributed by atoms with Crippen LogP contribution in [0.3, 0.4) is 0 Å². The van der Waals surface area contributed by atoms with Gasteiger partial charge in [0.15, 0.2) is 5.78 Å². The van der Waals surface area contributed by atoms with Gasteiger partial charge in [0.2, 0.25) is 0 Å². The van der Waals surface area contributed by atoms with Gasteiger partial charge in [-0.2, -0.15) is 13.2 Å². The van der Waals surface area contributed by atoms with Crippen LogP contribution < -0.4 is 0 Å². The number of carbonyl (C=O) groups excluding carboxylic acids is 1. The van der Waals surface area contributed by atoms with Gasteiger partial charge < -0.3 is 4.74 Å². The number of methoxy groups -OCH3 is 1. The molecular weight excluding hydrogens is 264 g/mol. The first-order valence-corrected chi connectivity index (χ1v) is 5.62. The van der Waals surface area contributed by atoms with E-state index in [1.807, 2.05) is 0 Å². The molecule has 0 fully saturated rings. The quantitative estimate of drug-likeness (QED) is 0.618. The number of hydrogen-bond acceptors (Lipinski definition) is 2. The van der Waals surface area contributed by atoms with Gasteiger partial charge in [-0.05, 0) is 25.5 Å². The molecular formula is C13H14F4O2. The lowest BCUT2D eigenvalue weighted by Gasteiger charge is -2.25. The fourth-order valence-corrected chi connectivity index (χ4v) is 1.59. The van der Waals surface area contributed by atoms with Crippen molar-refractivity contribution < 1.29 is 27.1 Å². The van der Waals surface area contributed by atoms with E-state index >= 15 is 0 Å². The lowest BCUT2D eigenvalue weighted by molar-refractivity contribution is -0.140. The third-order valence-corrected chi connectivity index (χ3v) is 3.14. The van der Waals surface area contributed by atoms with E-state index in [9.17, 15) is 22.4 Å². The summed E-state index contributed by atoms with van der Waals surface area (Å²) < 4.78 is 55.6. The van der Waals surface area contributed by atoms with E-state index in [1.165, 1.54) is 14.0 Å². The molecule has 1 unspecified atom stereocenters. The number of hydrogen-bond donors (Lipinski definition) is 0. The fraction of sp³-hybridized carbons (Fsp3) is 0.462. The Hall–Kier alpha value is -1.43. The predicted octanol–water partition coefficient (Wildman–Crippen LogP) is 3.84. The van der Waals surface area contributed by atoms with E-state index in [0.717, 1.165) is 6.07 Å². The van der Waals surface area contributed by atoms with E-state index in [2.05, 4.69) is 0 Å². The van der Waals surface area contributed by atoms with Crippen LogP contribution in [0.1, 0.15) is 36.2 Å². The highest BCUT2D eigenvalue weighted by Gasteiger charge is 2.36. The molecule has 0 saturated heterocycles. The summed E-state index contributed by atoms with van der Waals surface area (Å²) in [7, 11) is 1.32. The number of rotatable bonds is 4. The lowest BCUT2D eigenvalue weighted by atomic mass is 9.91. The molecule has 0 saturated carbocycles. The highest BCUT2D eigenvalue weighted by Crippen LogP contribution is 2.32. The van der Waals surface area contributed by atoms with Gasteiger partial charge in [-0.1, -0.05) is 13.0 Å². The highest BCUT2D eigenvalue weighted by atomic mass is 19.4. The van der Waals surface area contributed by atoms with Crippen molar-refractivity contribution in [1.82, 2.24) is 0 Å². The molecule has 0 aliphatic rings. The Morgan fingerprint density at radius 2 is 1.89 bits per heavy atom. The van der Waals surface area contributed by atoms with E-state index < -0.39 is 28.9 Å². The van der Waals surface area contributed by atoms with Crippen molar-refractivity contribution in [2.75, 3.05) is 7.11 Å². The zero-order valence-corrected chi connectivity index (χ0v) is 10.8. The highest BCUT2D eigenvalue weighted by molar-refractivity contribution is 6.02. The molecule has 0 radical (unpaired) electrons. The van der Waals surface area contributed by atoms with E-state index in [1.54, 1.807) is 6.92 Å². The summed E-state index contributed by atoms with van der Waals surface area (Å²) in [6.07, 6.45) is -4.45. The third-order valence-electron chi connectivity index (χ3n) is 3.14. The summed E-state index contributed by atoms with van der Waals surface area (Å²) in [5, 5.41) is 0. The van der Waals surface area contributed by atoms with Crippen LogP contribution in [0.15, 0.2) is 18.2 Å². The molecule has 0 amide bonds. The number of Topliss-reactive ketones (excluding diaryl/α,β-unsaturated/α-hetero) is 1. The summed E-state index contributed by atoms with van der Waals surface area (Å²) in [5.41, 5.74) is -2.71. The maximum atomic E-state index is 13.4. The molecule has 6 heteroatoms. The Balaban J connectivity index is 3.19. The van der Waals surface area contributed by atoms with Crippen LogP contribution >= 0.6 is 0 Å². The molecule has 0 N–H and O–H groups in total. The average molecular weight is 278 g/mol. The predicted molar refractivity (Wildman–Crippen MR) is 61.4 cm³/mol. The Kier molecular flexibility index (Phi) is 4.35. The first-order chi connectivity index (χ1) is 8.65. The number of halogens is 4. The van der Waals surface area contributed by atoms with Gasteiger partial charge in [0.05, 0.1) is 5.56 Å². The molecule has 0 aromatic heterocycles. The second-order valence-electron chi connectivity index (χ2n) is 4.31. The molecule has 0 aliphatic carbocycles. The smallest absolute Gasteiger partial charge is 0.370 e. The topological polar surface area (TPSA) is 26.3 Å². The van der Waals surface area contributed by atoms with Crippen molar-refractivity contribution in [3.05, 3.63) is 35.1 Å². The second kappa shape index (κ2) is 5.28. The van der Waals surface area contributed by atoms with E-state index in [0.29, 0.717) is 18.6 Å². The van der Waals surface area contributed by atoms with Crippen molar-refractivity contribution in [2.45, 2.75) is 32.0 Å². The van der Waals surface area contributed by atoms with Gasteiger partial charge >= 0.3 is 6.18 Å². The monoisotopic (exact) mass is 278 g/mol. The number of ketones is 1.